The Morgan fingerprint density at radius 3 is 2.43 bits per heavy atom. The zero-order valence-electron chi connectivity index (χ0n) is 14.3. The number of halogens is 1. The smallest absolute Gasteiger partial charge is 0.150 e. The van der Waals surface area contributed by atoms with Gasteiger partial charge in [0.05, 0.1) is 5.69 Å². The Balaban J connectivity index is 3.23. The van der Waals surface area contributed by atoms with Gasteiger partial charge in [0.25, 0.3) is 0 Å². The lowest BCUT2D eigenvalue weighted by atomic mass is 9.88. The summed E-state index contributed by atoms with van der Waals surface area (Å²) in [5.41, 5.74) is 3.37. The number of nitrogens with zero attached hydrogens (tertiary/aromatic N) is 1. The number of hydrogen-bond donors (Lipinski definition) is 0. The molecule has 1 aromatic rings. The first-order valence-corrected chi connectivity index (χ1v) is 8.12. The van der Waals surface area contributed by atoms with Crippen LogP contribution in [0.5, 0.6) is 0 Å². The predicted molar refractivity (Wildman–Crippen MR) is 91.5 cm³/mol. The first-order chi connectivity index (χ1) is 9.93. The summed E-state index contributed by atoms with van der Waals surface area (Å²) in [7, 11) is 1.89. The molecule has 0 N–H and O–H groups in total. The molecule has 0 spiro atoms. The molecule has 0 bridgehead atoms. The topological polar surface area (TPSA) is 3.24 Å². The van der Waals surface area contributed by atoms with Gasteiger partial charge < -0.3 is 4.90 Å². The second kappa shape index (κ2) is 8.21. The van der Waals surface area contributed by atoms with Gasteiger partial charge in [-0.1, -0.05) is 51.8 Å². The van der Waals surface area contributed by atoms with Crippen LogP contribution in [0.15, 0.2) is 24.4 Å². The molecule has 118 valence electrons. The van der Waals surface area contributed by atoms with Gasteiger partial charge in [-0.3, -0.25) is 0 Å². The summed E-state index contributed by atoms with van der Waals surface area (Å²) < 4.78 is 15.1. The van der Waals surface area contributed by atoms with E-state index >= 15 is 4.39 Å². The van der Waals surface area contributed by atoms with Crippen molar-refractivity contribution in [3.63, 3.8) is 0 Å². The van der Waals surface area contributed by atoms with Crippen molar-refractivity contribution in [3.05, 3.63) is 41.4 Å². The quantitative estimate of drug-likeness (QED) is 0.553. The highest BCUT2D eigenvalue weighted by Crippen LogP contribution is 2.35. The molecule has 0 aliphatic rings. The molecule has 21 heavy (non-hydrogen) atoms. The highest BCUT2D eigenvalue weighted by atomic mass is 19.1. The van der Waals surface area contributed by atoms with E-state index in [-0.39, 0.29) is 5.82 Å². The van der Waals surface area contributed by atoms with E-state index in [9.17, 15) is 0 Å². The van der Waals surface area contributed by atoms with Gasteiger partial charge in [0.2, 0.25) is 0 Å². The van der Waals surface area contributed by atoms with Crippen LogP contribution < -0.4 is 4.90 Å². The molecule has 0 saturated carbocycles. The summed E-state index contributed by atoms with van der Waals surface area (Å²) in [6, 6.07) is 4.03. The number of rotatable bonds is 8. The third-order valence-electron chi connectivity index (χ3n) is 4.24. The van der Waals surface area contributed by atoms with Crippen molar-refractivity contribution in [2.75, 3.05) is 11.9 Å². The van der Waals surface area contributed by atoms with Gasteiger partial charge >= 0.3 is 0 Å². The number of anilines is 1. The van der Waals surface area contributed by atoms with Crippen molar-refractivity contribution < 1.29 is 4.39 Å². The highest BCUT2D eigenvalue weighted by Gasteiger charge is 2.20. The lowest BCUT2D eigenvalue weighted by molar-refractivity contribution is 0.507. The summed E-state index contributed by atoms with van der Waals surface area (Å²) in [4.78, 5) is 1.86. The van der Waals surface area contributed by atoms with Crippen molar-refractivity contribution in [1.29, 1.82) is 0 Å². The van der Waals surface area contributed by atoms with Gasteiger partial charge in [0, 0.05) is 12.7 Å². The molecule has 1 nitrogen and oxygen atoms in total. The zero-order valence-corrected chi connectivity index (χ0v) is 14.3. The molecular formula is C19H30FN. The van der Waals surface area contributed by atoms with Crippen LogP contribution in [0.2, 0.25) is 0 Å². The van der Waals surface area contributed by atoms with Gasteiger partial charge in [0.15, 0.2) is 5.82 Å². The molecule has 1 rings (SSSR count). The average molecular weight is 291 g/mol. The number of unbranched alkanes of at least 4 members (excludes halogenated alkanes) is 1. The Morgan fingerprint density at radius 1 is 1.24 bits per heavy atom. The maximum atomic E-state index is 15.1. The minimum absolute atomic E-state index is 0.0601. The lowest BCUT2D eigenvalue weighted by Crippen LogP contribution is -2.18. The number of aryl methyl sites for hydroxylation is 1. The van der Waals surface area contributed by atoms with Gasteiger partial charge in [-0.2, -0.15) is 0 Å². The van der Waals surface area contributed by atoms with E-state index in [2.05, 4.69) is 20.4 Å². The average Bonchev–Trinajstić information content (AvgIpc) is 2.44. The number of hydrogen-bond acceptors (Lipinski definition) is 1. The Hall–Kier alpha value is -1.31. The van der Waals surface area contributed by atoms with Crippen molar-refractivity contribution in [2.45, 2.75) is 65.7 Å². The van der Waals surface area contributed by atoms with Gasteiger partial charge in [-0.25, -0.2) is 4.39 Å². The second-order valence-electron chi connectivity index (χ2n) is 6.06. The normalized spacial score (nSPS) is 12.3. The molecule has 0 amide bonds. The fourth-order valence-corrected chi connectivity index (χ4v) is 2.85. The number of benzene rings is 1. The molecule has 0 radical (unpaired) electrons. The van der Waals surface area contributed by atoms with E-state index in [4.69, 9.17) is 0 Å². The van der Waals surface area contributed by atoms with Crippen LogP contribution in [-0.4, -0.2) is 7.05 Å². The third-order valence-corrected chi connectivity index (χ3v) is 4.24. The van der Waals surface area contributed by atoms with Crippen LogP contribution >= 0.6 is 0 Å². The molecule has 0 aliphatic heterocycles. The Labute approximate surface area is 129 Å². The Morgan fingerprint density at radius 2 is 1.90 bits per heavy atom. The maximum Gasteiger partial charge on any atom is 0.150 e. The maximum absolute atomic E-state index is 15.1. The van der Waals surface area contributed by atoms with E-state index in [1.54, 1.807) is 0 Å². The molecule has 0 aromatic heterocycles. The Kier molecular flexibility index (Phi) is 6.94. The van der Waals surface area contributed by atoms with Crippen LogP contribution in [0.1, 0.15) is 69.9 Å². The lowest BCUT2D eigenvalue weighted by Gasteiger charge is -2.25. The van der Waals surface area contributed by atoms with Crippen molar-refractivity contribution in [3.8, 4) is 0 Å². The van der Waals surface area contributed by atoms with Crippen LogP contribution in [0.3, 0.4) is 0 Å². The van der Waals surface area contributed by atoms with E-state index < -0.39 is 0 Å². The van der Waals surface area contributed by atoms with Crippen LogP contribution in [0.25, 0.3) is 0 Å². The fourth-order valence-electron chi connectivity index (χ4n) is 2.85. The standard InChI is InChI=1S/C19H30FN/c1-7-9-11-16(10-8-2)17-13-12-15(5)19(18(17)20)21(6)14(3)4/h12-13,16H,3,7-11H2,1-2,4-6H3. The van der Waals surface area contributed by atoms with E-state index in [1.165, 1.54) is 0 Å². The molecule has 0 aliphatic carbocycles. The van der Waals surface area contributed by atoms with Crippen molar-refractivity contribution in [1.82, 2.24) is 0 Å². The van der Waals surface area contributed by atoms with Crippen LogP contribution in [0, 0.1) is 12.7 Å². The molecule has 2 heteroatoms. The Bertz CT molecular complexity index is 479. The molecule has 1 atom stereocenters. The highest BCUT2D eigenvalue weighted by molar-refractivity contribution is 5.59. The monoisotopic (exact) mass is 291 g/mol. The summed E-state index contributed by atoms with van der Waals surface area (Å²) in [6.45, 7) is 12.2. The van der Waals surface area contributed by atoms with E-state index in [1.807, 2.05) is 37.9 Å². The number of allylic oxidation sites excluding steroid dienone is 1. The SMILES string of the molecule is C=C(C)N(C)c1c(C)ccc(C(CCC)CCCC)c1F. The largest absolute Gasteiger partial charge is 0.346 e. The second-order valence-corrected chi connectivity index (χ2v) is 6.06. The molecule has 1 unspecified atom stereocenters. The minimum atomic E-state index is -0.0601. The first kappa shape index (κ1) is 17.7. The summed E-state index contributed by atoms with van der Waals surface area (Å²) in [5, 5.41) is 0. The van der Waals surface area contributed by atoms with Crippen molar-refractivity contribution in [2.24, 2.45) is 0 Å². The zero-order chi connectivity index (χ0) is 16.0. The van der Waals surface area contributed by atoms with Crippen LogP contribution in [-0.2, 0) is 0 Å². The third kappa shape index (κ3) is 4.33. The van der Waals surface area contributed by atoms with E-state index in [0.717, 1.165) is 48.9 Å². The molecule has 0 heterocycles. The molecule has 0 saturated heterocycles. The summed E-state index contributed by atoms with van der Waals surface area (Å²) in [5.74, 6) is 0.267. The first-order valence-electron chi connectivity index (χ1n) is 8.12. The van der Waals surface area contributed by atoms with Crippen LogP contribution in [0.4, 0.5) is 10.1 Å². The van der Waals surface area contributed by atoms with Gasteiger partial charge in [-0.05, 0) is 43.7 Å². The predicted octanol–water partition coefficient (Wildman–Crippen LogP) is 6.18. The summed E-state index contributed by atoms with van der Waals surface area (Å²) in [6.07, 6.45) is 5.53. The summed E-state index contributed by atoms with van der Waals surface area (Å²) >= 11 is 0. The fraction of sp³-hybridized carbons (Fsp3) is 0.579. The van der Waals surface area contributed by atoms with Crippen molar-refractivity contribution >= 4 is 5.69 Å². The van der Waals surface area contributed by atoms with Gasteiger partial charge in [-0.15, -0.1) is 0 Å². The molecular weight excluding hydrogens is 261 g/mol. The molecule has 1 aromatic carbocycles. The van der Waals surface area contributed by atoms with Gasteiger partial charge in [0.1, 0.15) is 0 Å². The minimum Gasteiger partial charge on any atom is -0.346 e. The van der Waals surface area contributed by atoms with E-state index in [0.29, 0.717) is 11.6 Å². The molecule has 0 fully saturated rings.